The predicted octanol–water partition coefficient (Wildman–Crippen LogP) is 0.0531. The Bertz CT molecular complexity index is 317. The second kappa shape index (κ2) is 6.17. The molecule has 0 aromatic rings. The van der Waals surface area contributed by atoms with Gasteiger partial charge in [-0.15, -0.1) is 0 Å². The zero-order valence-electron chi connectivity index (χ0n) is 9.82. The van der Waals surface area contributed by atoms with E-state index < -0.39 is 22.6 Å². The zero-order chi connectivity index (χ0) is 12.8. The molecule has 0 unspecified atom stereocenters. The van der Waals surface area contributed by atoms with Gasteiger partial charge in [0, 0.05) is 6.54 Å². The van der Waals surface area contributed by atoms with Gasteiger partial charge in [-0.3, -0.25) is 0 Å². The van der Waals surface area contributed by atoms with Crippen LogP contribution in [0.3, 0.4) is 0 Å². The Hall–Kier alpha value is -0.660. The van der Waals surface area contributed by atoms with E-state index in [-0.39, 0.29) is 24.3 Å². The molecular weight excluding hydrogens is 234 g/mol. The fourth-order valence-electron chi connectivity index (χ4n) is 1.05. The lowest BCUT2D eigenvalue weighted by atomic mass is 10.0. The van der Waals surface area contributed by atoms with Gasteiger partial charge in [0.2, 0.25) is 10.0 Å². The van der Waals surface area contributed by atoms with Crippen LogP contribution in [-0.2, 0) is 19.6 Å². The van der Waals surface area contributed by atoms with Crippen LogP contribution in [0.4, 0.5) is 0 Å². The molecule has 0 atom stereocenters. The SMILES string of the molecule is CC(C)(C)CS(=O)(=O)NCCOCC(=O)O. The Balaban J connectivity index is 3.80. The third-order valence-corrected chi connectivity index (χ3v) is 3.31. The van der Waals surface area contributed by atoms with Crippen molar-refractivity contribution in [2.75, 3.05) is 25.5 Å². The monoisotopic (exact) mass is 253 g/mol. The minimum absolute atomic E-state index is 0.0267. The van der Waals surface area contributed by atoms with Gasteiger partial charge in [0.25, 0.3) is 0 Å². The number of carboxylic acids is 1. The van der Waals surface area contributed by atoms with E-state index in [0.29, 0.717) is 0 Å². The number of sulfonamides is 1. The molecule has 2 N–H and O–H groups in total. The van der Waals surface area contributed by atoms with Crippen molar-refractivity contribution in [2.24, 2.45) is 5.41 Å². The summed E-state index contributed by atoms with van der Waals surface area (Å²) >= 11 is 0. The van der Waals surface area contributed by atoms with Crippen molar-refractivity contribution in [1.82, 2.24) is 4.72 Å². The Morgan fingerprint density at radius 2 is 1.94 bits per heavy atom. The van der Waals surface area contributed by atoms with Crippen LogP contribution in [0.5, 0.6) is 0 Å². The molecule has 0 heterocycles. The molecule has 0 amide bonds. The number of rotatable bonds is 7. The van der Waals surface area contributed by atoms with Crippen LogP contribution in [0.15, 0.2) is 0 Å². The van der Waals surface area contributed by atoms with Crippen molar-refractivity contribution in [1.29, 1.82) is 0 Å². The second-order valence-electron chi connectivity index (χ2n) is 4.66. The predicted molar refractivity (Wildman–Crippen MR) is 59.7 cm³/mol. The lowest BCUT2D eigenvalue weighted by molar-refractivity contribution is -0.142. The van der Waals surface area contributed by atoms with Crippen molar-refractivity contribution in [2.45, 2.75) is 20.8 Å². The number of ether oxygens (including phenoxy) is 1. The minimum Gasteiger partial charge on any atom is -0.480 e. The van der Waals surface area contributed by atoms with Crippen LogP contribution in [0.25, 0.3) is 0 Å². The molecular formula is C9H19NO5S. The maximum absolute atomic E-state index is 11.5. The summed E-state index contributed by atoms with van der Waals surface area (Å²) in [4.78, 5) is 10.1. The maximum atomic E-state index is 11.5. The van der Waals surface area contributed by atoms with E-state index in [4.69, 9.17) is 9.84 Å². The Morgan fingerprint density at radius 3 is 2.38 bits per heavy atom. The van der Waals surface area contributed by atoms with Crippen LogP contribution >= 0.6 is 0 Å². The lowest BCUT2D eigenvalue weighted by Crippen LogP contribution is -2.34. The molecule has 0 bridgehead atoms. The summed E-state index contributed by atoms with van der Waals surface area (Å²) in [5.41, 5.74) is -0.312. The van der Waals surface area contributed by atoms with Crippen molar-refractivity contribution < 1.29 is 23.1 Å². The first kappa shape index (κ1) is 15.3. The van der Waals surface area contributed by atoms with E-state index >= 15 is 0 Å². The topological polar surface area (TPSA) is 92.7 Å². The number of carbonyl (C=O) groups is 1. The minimum atomic E-state index is -3.32. The van der Waals surface area contributed by atoms with E-state index in [1.807, 2.05) is 20.8 Å². The van der Waals surface area contributed by atoms with Gasteiger partial charge < -0.3 is 9.84 Å². The van der Waals surface area contributed by atoms with Gasteiger partial charge in [0.05, 0.1) is 12.4 Å². The molecule has 0 aliphatic rings. The van der Waals surface area contributed by atoms with Crippen molar-refractivity contribution in [3.05, 3.63) is 0 Å². The summed E-state index contributed by atoms with van der Waals surface area (Å²) in [7, 11) is -3.32. The number of aliphatic carboxylic acids is 1. The molecule has 6 nitrogen and oxygen atoms in total. The first-order valence-electron chi connectivity index (χ1n) is 4.89. The first-order valence-corrected chi connectivity index (χ1v) is 6.54. The molecule has 0 aromatic carbocycles. The van der Waals surface area contributed by atoms with E-state index in [2.05, 4.69) is 4.72 Å². The number of carboxylic acid groups (broad SMARTS) is 1. The van der Waals surface area contributed by atoms with E-state index in [0.717, 1.165) is 0 Å². The van der Waals surface area contributed by atoms with Gasteiger partial charge in [0.15, 0.2) is 0 Å². The van der Waals surface area contributed by atoms with Crippen LogP contribution in [0.1, 0.15) is 20.8 Å². The second-order valence-corrected chi connectivity index (χ2v) is 6.47. The third-order valence-electron chi connectivity index (χ3n) is 1.42. The van der Waals surface area contributed by atoms with E-state index in [1.165, 1.54) is 0 Å². The Kier molecular flexibility index (Phi) is 5.91. The molecule has 7 heteroatoms. The fourth-order valence-corrected chi connectivity index (χ4v) is 2.69. The van der Waals surface area contributed by atoms with Gasteiger partial charge in [-0.2, -0.15) is 0 Å². The average Bonchev–Trinajstić information content (AvgIpc) is 1.97. The van der Waals surface area contributed by atoms with Crippen LogP contribution in [-0.4, -0.2) is 45.0 Å². The molecule has 0 spiro atoms. The smallest absolute Gasteiger partial charge is 0.329 e. The molecule has 0 saturated carbocycles. The molecule has 0 radical (unpaired) electrons. The van der Waals surface area contributed by atoms with Crippen molar-refractivity contribution in [3.8, 4) is 0 Å². The van der Waals surface area contributed by atoms with Crippen LogP contribution in [0, 0.1) is 5.41 Å². The molecule has 0 aliphatic carbocycles. The van der Waals surface area contributed by atoms with Gasteiger partial charge >= 0.3 is 5.97 Å². The molecule has 0 saturated heterocycles. The number of nitrogens with one attached hydrogen (secondary N) is 1. The average molecular weight is 253 g/mol. The number of hydrogen-bond acceptors (Lipinski definition) is 4. The highest BCUT2D eigenvalue weighted by molar-refractivity contribution is 7.89. The Labute approximate surface area is 96.0 Å². The largest absolute Gasteiger partial charge is 0.480 e. The zero-order valence-corrected chi connectivity index (χ0v) is 10.6. The highest BCUT2D eigenvalue weighted by Crippen LogP contribution is 2.14. The standard InChI is InChI=1S/C9H19NO5S/c1-9(2,3)7-16(13,14)10-4-5-15-6-8(11)12/h10H,4-7H2,1-3H3,(H,11,12). The fraction of sp³-hybridized carbons (Fsp3) is 0.889. The quantitative estimate of drug-likeness (QED) is 0.625. The van der Waals surface area contributed by atoms with Crippen molar-refractivity contribution in [3.63, 3.8) is 0 Å². The molecule has 16 heavy (non-hydrogen) atoms. The molecule has 0 rings (SSSR count). The maximum Gasteiger partial charge on any atom is 0.329 e. The van der Waals surface area contributed by atoms with Crippen LogP contribution < -0.4 is 4.72 Å². The normalized spacial score (nSPS) is 12.7. The van der Waals surface area contributed by atoms with Gasteiger partial charge in [0.1, 0.15) is 6.61 Å². The summed E-state index contributed by atoms with van der Waals surface area (Å²) in [5.74, 6) is -1.04. The van der Waals surface area contributed by atoms with E-state index in [9.17, 15) is 13.2 Å². The third kappa shape index (κ3) is 9.88. The molecule has 0 aromatic heterocycles. The van der Waals surface area contributed by atoms with Gasteiger partial charge in [-0.05, 0) is 5.41 Å². The Morgan fingerprint density at radius 1 is 1.38 bits per heavy atom. The molecule has 0 fully saturated rings. The summed E-state index contributed by atoms with van der Waals surface area (Å²) in [5, 5.41) is 8.26. The summed E-state index contributed by atoms with van der Waals surface area (Å²) in [6.07, 6.45) is 0. The first-order chi connectivity index (χ1) is 7.12. The molecule has 0 aliphatic heterocycles. The summed E-state index contributed by atoms with van der Waals surface area (Å²) < 4.78 is 30.0. The van der Waals surface area contributed by atoms with Gasteiger partial charge in [-0.25, -0.2) is 17.9 Å². The summed E-state index contributed by atoms with van der Waals surface area (Å²) in [6, 6.07) is 0. The highest BCUT2D eigenvalue weighted by atomic mass is 32.2. The number of hydrogen-bond donors (Lipinski definition) is 2. The molecule has 96 valence electrons. The van der Waals surface area contributed by atoms with E-state index in [1.54, 1.807) is 0 Å². The summed E-state index contributed by atoms with van der Waals surface area (Å²) in [6.45, 7) is 5.20. The van der Waals surface area contributed by atoms with Crippen molar-refractivity contribution >= 4 is 16.0 Å². The van der Waals surface area contributed by atoms with Crippen LogP contribution in [0.2, 0.25) is 0 Å². The highest BCUT2D eigenvalue weighted by Gasteiger charge is 2.20. The van der Waals surface area contributed by atoms with Gasteiger partial charge in [-0.1, -0.05) is 20.8 Å². The lowest BCUT2D eigenvalue weighted by Gasteiger charge is -2.18.